The molecule has 0 spiro atoms. The van der Waals surface area contributed by atoms with Crippen LogP contribution in [0.15, 0.2) is 0 Å². The molecule has 0 heterocycles. The van der Waals surface area contributed by atoms with Crippen LogP contribution in [-0.4, -0.2) is 23.9 Å². The van der Waals surface area contributed by atoms with Gasteiger partial charge in [0.05, 0.1) is 12.2 Å². The Kier molecular flexibility index (Phi) is 6.57. The average Bonchev–Trinajstić information content (AvgIpc) is 1.87. The van der Waals surface area contributed by atoms with Gasteiger partial charge in [0.25, 0.3) is 0 Å². The molecule has 1 unspecified atom stereocenters. The Morgan fingerprint density at radius 3 is 2.36 bits per heavy atom. The molecule has 2 nitrogen and oxygen atoms in total. The van der Waals surface area contributed by atoms with Gasteiger partial charge in [-0.1, -0.05) is 0 Å². The minimum atomic E-state index is -0.163. The lowest BCUT2D eigenvalue weighted by Gasteiger charge is -2.11. The van der Waals surface area contributed by atoms with Gasteiger partial charge in [-0.05, 0) is 40.0 Å². The number of hydrogen-bond acceptors (Lipinski definition) is 2. The monoisotopic (exact) mass is 160 g/mol. The van der Waals surface area contributed by atoms with Gasteiger partial charge in [0, 0.05) is 6.61 Å². The fourth-order valence-electron chi connectivity index (χ4n) is 1.07. The van der Waals surface area contributed by atoms with Gasteiger partial charge in [0.1, 0.15) is 0 Å². The fraction of sp³-hybridized carbons (Fsp3) is 1.00. The molecule has 0 aliphatic heterocycles. The Bertz CT molecular complexity index is 81.6. The van der Waals surface area contributed by atoms with E-state index in [-0.39, 0.29) is 6.10 Å². The fourth-order valence-corrected chi connectivity index (χ4v) is 1.07. The molecule has 0 aliphatic carbocycles. The summed E-state index contributed by atoms with van der Waals surface area (Å²) in [4.78, 5) is 0. The van der Waals surface area contributed by atoms with Crippen molar-refractivity contribution in [1.82, 2.24) is 0 Å². The molecule has 1 N–H and O–H groups in total. The van der Waals surface area contributed by atoms with E-state index in [4.69, 9.17) is 9.84 Å². The molecular weight excluding hydrogens is 140 g/mol. The predicted octanol–water partition coefficient (Wildman–Crippen LogP) is 1.96. The Morgan fingerprint density at radius 2 is 1.91 bits per heavy atom. The normalized spacial score (nSPS) is 16.4. The zero-order valence-electron chi connectivity index (χ0n) is 7.84. The second-order valence-corrected chi connectivity index (χ2v) is 3.05. The van der Waals surface area contributed by atoms with Gasteiger partial charge in [-0.2, -0.15) is 0 Å². The summed E-state index contributed by atoms with van der Waals surface area (Å²) < 4.78 is 5.34. The molecule has 0 rings (SSSR count). The van der Waals surface area contributed by atoms with E-state index in [2.05, 4.69) is 6.92 Å². The van der Waals surface area contributed by atoms with Gasteiger partial charge in [-0.25, -0.2) is 0 Å². The van der Waals surface area contributed by atoms with Crippen LogP contribution in [0, 0.1) is 0 Å². The van der Waals surface area contributed by atoms with Crippen LogP contribution in [0.5, 0.6) is 0 Å². The van der Waals surface area contributed by atoms with Crippen LogP contribution in [0.2, 0.25) is 0 Å². The van der Waals surface area contributed by atoms with E-state index in [0.717, 1.165) is 25.9 Å². The summed E-state index contributed by atoms with van der Waals surface area (Å²) in [7, 11) is 0. The number of ether oxygens (including phenoxy) is 1. The first-order chi connectivity index (χ1) is 5.16. The molecule has 2 atom stereocenters. The van der Waals surface area contributed by atoms with Crippen LogP contribution in [0.25, 0.3) is 0 Å². The van der Waals surface area contributed by atoms with Crippen LogP contribution in [0.1, 0.15) is 40.0 Å². The van der Waals surface area contributed by atoms with Gasteiger partial charge < -0.3 is 9.84 Å². The topological polar surface area (TPSA) is 29.5 Å². The lowest BCUT2D eigenvalue weighted by molar-refractivity contribution is 0.0651. The van der Waals surface area contributed by atoms with Crippen LogP contribution in [-0.2, 0) is 4.74 Å². The molecule has 11 heavy (non-hydrogen) atoms. The highest BCUT2D eigenvalue weighted by molar-refractivity contribution is 4.53. The Morgan fingerprint density at radius 1 is 1.27 bits per heavy atom. The van der Waals surface area contributed by atoms with Gasteiger partial charge in [0.15, 0.2) is 0 Å². The minimum Gasteiger partial charge on any atom is -0.393 e. The number of hydrogen-bond donors (Lipinski definition) is 1. The summed E-state index contributed by atoms with van der Waals surface area (Å²) in [6.07, 6.45) is 3.18. The van der Waals surface area contributed by atoms with Crippen molar-refractivity contribution in [2.24, 2.45) is 0 Å². The second-order valence-electron chi connectivity index (χ2n) is 3.05. The van der Waals surface area contributed by atoms with E-state index in [9.17, 15) is 0 Å². The molecular formula is C9H20O2. The molecule has 0 aliphatic rings. The standard InChI is InChI=1S/C9H20O2/c1-4-11-9(3)7-5-6-8(2)10/h8-10H,4-7H2,1-3H3/t8-,9?/m1/s1. The van der Waals surface area contributed by atoms with Crippen molar-refractivity contribution < 1.29 is 9.84 Å². The Hall–Kier alpha value is -0.0800. The molecule has 68 valence electrons. The maximum atomic E-state index is 8.95. The third kappa shape index (κ3) is 7.82. The maximum Gasteiger partial charge on any atom is 0.0546 e. The molecule has 0 fully saturated rings. The number of aliphatic hydroxyl groups is 1. The summed E-state index contributed by atoms with van der Waals surface area (Å²) in [5.74, 6) is 0. The highest BCUT2D eigenvalue weighted by atomic mass is 16.5. The van der Waals surface area contributed by atoms with Crippen molar-refractivity contribution in [1.29, 1.82) is 0 Å². The van der Waals surface area contributed by atoms with Crippen molar-refractivity contribution in [3.05, 3.63) is 0 Å². The van der Waals surface area contributed by atoms with E-state index < -0.39 is 0 Å². The molecule has 0 radical (unpaired) electrons. The maximum absolute atomic E-state index is 8.95. The first-order valence-corrected chi connectivity index (χ1v) is 4.46. The van der Waals surface area contributed by atoms with Crippen LogP contribution >= 0.6 is 0 Å². The zero-order valence-corrected chi connectivity index (χ0v) is 7.84. The number of rotatable bonds is 6. The first kappa shape index (κ1) is 10.9. The van der Waals surface area contributed by atoms with Crippen LogP contribution < -0.4 is 0 Å². The first-order valence-electron chi connectivity index (χ1n) is 4.46. The van der Waals surface area contributed by atoms with E-state index in [0.29, 0.717) is 6.10 Å². The molecule has 0 aromatic rings. The summed E-state index contributed by atoms with van der Waals surface area (Å²) in [5, 5.41) is 8.95. The smallest absolute Gasteiger partial charge is 0.0546 e. The van der Waals surface area contributed by atoms with Crippen molar-refractivity contribution in [3.8, 4) is 0 Å². The highest BCUT2D eigenvalue weighted by Crippen LogP contribution is 2.05. The van der Waals surface area contributed by atoms with Crippen molar-refractivity contribution in [2.75, 3.05) is 6.61 Å². The predicted molar refractivity (Wildman–Crippen MR) is 46.6 cm³/mol. The SMILES string of the molecule is CCOC(C)CCC[C@@H](C)O. The Labute approximate surface area is 69.6 Å². The third-order valence-electron chi connectivity index (χ3n) is 1.68. The highest BCUT2D eigenvalue weighted by Gasteiger charge is 2.01. The molecule has 0 saturated carbocycles. The zero-order chi connectivity index (χ0) is 8.69. The van der Waals surface area contributed by atoms with E-state index in [1.54, 1.807) is 0 Å². The van der Waals surface area contributed by atoms with Gasteiger partial charge >= 0.3 is 0 Å². The quantitative estimate of drug-likeness (QED) is 0.643. The number of aliphatic hydroxyl groups excluding tert-OH is 1. The summed E-state index contributed by atoms with van der Waals surface area (Å²) in [6, 6.07) is 0. The van der Waals surface area contributed by atoms with Crippen LogP contribution in [0.3, 0.4) is 0 Å². The molecule has 0 aromatic carbocycles. The van der Waals surface area contributed by atoms with Crippen molar-refractivity contribution in [2.45, 2.75) is 52.2 Å². The molecule has 0 saturated heterocycles. The van der Waals surface area contributed by atoms with Crippen molar-refractivity contribution >= 4 is 0 Å². The van der Waals surface area contributed by atoms with E-state index in [1.807, 2.05) is 13.8 Å². The molecule has 0 bridgehead atoms. The van der Waals surface area contributed by atoms with Gasteiger partial charge in [-0.15, -0.1) is 0 Å². The van der Waals surface area contributed by atoms with Crippen LogP contribution in [0.4, 0.5) is 0 Å². The summed E-state index contributed by atoms with van der Waals surface area (Å²) in [5.41, 5.74) is 0. The van der Waals surface area contributed by atoms with E-state index >= 15 is 0 Å². The average molecular weight is 160 g/mol. The molecule has 0 aromatic heterocycles. The summed E-state index contributed by atoms with van der Waals surface area (Å²) in [6.45, 7) is 6.69. The van der Waals surface area contributed by atoms with Gasteiger partial charge in [0.2, 0.25) is 0 Å². The lowest BCUT2D eigenvalue weighted by atomic mass is 10.1. The van der Waals surface area contributed by atoms with Gasteiger partial charge in [-0.3, -0.25) is 0 Å². The molecule has 2 heteroatoms. The van der Waals surface area contributed by atoms with E-state index in [1.165, 1.54) is 0 Å². The van der Waals surface area contributed by atoms with Crippen molar-refractivity contribution in [3.63, 3.8) is 0 Å². The minimum absolute atomic E-state index is 0.163. The molecule has 0 amide bonds. The second kappa shape index (κ2) is 6.62. The Balaban J connectivity index is 3.10. The largest absolute Gasteiger partial charge is 0.393 e. The summed E-state index contributed by atoms with van der Waals surface area (Å²) >= 11 is 0. The third-order valence-corrected chi connectivity index (χ3v) is 1.68. The lowest BCUT2D eigenvalue weighted by Crippen LogP contribution is -2.09.